The van der Waals surface area contributed by atoms with Crippen LogP contribution in [0.4, 0.5) is 10.6 Å². The van der Waals surface area contributed by atoms with E-state index in [9.17, 15) is 4.79 Å². The quantitative estimate of drug-likeness (QED) is 0.945. The van der Waals surface area contributed by atoms with Crippen LogP contribution in [0.3, 0.4) is 0 Å². The van der Waals surface area contributed by atoms with E-state index in [0.717, 1.165) is 44.0 Å². The van der Waals surface area contributed by atoms with Gasteiger partial charge >= 0.3 is 6.03 Å². The van der Waals surface area contributed by atoms with Crippen molar-refractivity contribution in [3.8, 4) is 11.3 Å². The predicted octanol–water partition coefficient (Wildman–Crippen LogP) is 2.26. The predicted molar refractivity (Wildman–Crippen MR) is 91.3 cm³/mol. The molecule has 1 aromatic heterocycles. The van der Waals surface area contributed by atoms with Gasteiger partial charge in [-0.3, -0.25) is 10.00 Å². The molecule has 1 aliphatic heterocycles. The van der Waals surface area contributed by atoms with Gasteiger partial charge in [0, 0.05) is 39.3 Å². The van der Waals surface area contributed by atoms with Crippen LogP contribution in [-0.2, 0) is 7.05 Å². The molecule has 6 heteroatoms. The summed E-state index contributed by atoms with van der Waals surface area (Å²) in [5.74, 6) is 0.592. The molecule has 2 amide bonds. The lowest BCUT2D eigenvalue weighted by Crippen LogP contribution is -2.49. The zero-order valence-corrected chi connectivity index (χ0v) is 13.7. The lowest BCUT2D eigenvalue weighted by atomic mass is 10.1. The molecule has 1 aromatic carbocycles. The minimum Gasteiger partial charge on any atom is -0.322 e. The molecule has 0 bridgehead atoms. The number of amides is 2. The van der Waals surface area contributed by atoms with E-state index in [2.05, 4.69) is 22.2 Å². The van der Waals surface area contributed by atoms with Gasteiger partial charge in [-0.25, -0.2) is 4.79 Å². The SMILES string of the molecule is CCN1CCN(C(=O)Nc2cc(-c3ccccc3)n(C)n2)CC1. The number of likely N-dealkylation sites (N-methyl/N-ethyl adjacent to an activating group) is 1. The molecule has 0 unspecified atom stereocenters. The van der Waals surface area contributed by atoms with Gasteiger partial charge in [-0.05, 0) is 12.1 Å². The number of nitrogens with zero attached hydrogens (tertiary/aromatic N) is 4. The van der Waals surface area contributed by atoms with Crippen molar-refractivity contribution >= 4 is 11.8 Å². The highest BCUT2D eigenvalue weighted by Gasteiger charge is 2.21. The van der Waals surface area contributed by atoms with E-state index >= 15 is 0 Å². The van der Waals surface area contributed by atoms with Crippen LogP contribution in [0.25, 0.3) is 11.3 Å². The molecule has 0 atom stereocenters. The molecular weight excluding hydrogens is 290 g/mol. The standard InChI is InChI=1S/C17H23N5O/c1-3-21-9-11-22(12-10-21)17(23)18-16-13-15(20(2)19-16)14-7-5-4-6-8-14/h4-8,13H,3,9-12H2,1-2H3,(H,18,19,23). The van der Waals surface area contributed by atoms with Gasteiger partial charge in [0.2, 0.25) is 0 Å². The van der Waals surface area contributed by atoms with Gasteiger partial charge in [0.25, 0.3) is 0 Å². The summed E-state index contributed by atoms with van der Waals surface area (Å²) >= 11 is 0. The minimum atomic E-state index is -0.0709. The number of hydrogen-bond donors (Lipinski definition) is 1. The highest BCUT2D eigenvalue weighted by Crippen LogP contribution is 2.21. The fourth-order valence-corrected chi connectivity index (χ4v) is 2.86. The fraction of sp³-hybridized carbons (Fsp3) is 0.412. The summed E-state index contributed by atoms with van der Waals surface area (Å²) in [5, 5.41) is 7.31. The van der Waals surface area contributed by atoms with Gasteiger partial charge < -0.3 is 9.80 Å². The number of piperazine rings is 1. The smallest absolute Gasteiger partial charge is 0.322 e. The number of carbonyl (C=O) groups excluding carboxylic acids is 1. The summed E-state index contributed by atoms with van der Waals surface area (Å²) < 4.78 is 1.79. The monoisotopic (exact) mass is 313 g/mol. The number of urea groups is 1. The van der Waals surface area contributed by atoms with Crippen molar-refractivity contribution in [3.63, 3.8) is 0 Å². The fourth-order valence-electron chi connectivity index (χ4n) is 2.86. The van der Waals surface area contributed by atoms with Gasteiger partial charge in [0.05, 0.1) is 5.69 Å². The third-order valence-electron chi connectivity index (χ3n) is 4.29. The third kappa shape index (κ3) is 3.53. The zero-order valence-electron chi connectivity index (χ0n) is 13.7. The molecule has 0 aliphatic carbocycles. The first kappa shape index (κ1) is 15.6. The molecule has 3 rings (SSSR count). The number of hydrogen-bond acceptors (Lipinski definition) is 3. The Labute approximate surface area is 136 Å². The van der Waals surface area contributed by atoms with E-state index in [0.29, 0.717) is 5.82 Å². The summed E-state index contributed by atoms with van der Waals surface area (Å²) in [6.07, 6.45) is 0. The topological polar surface area (TPSA) is 53.4 Å². The first-order valence-corrected chi connectivity index (χ1v) is 8.05. The summed E-state index contributed by atoms with van der Waals surface area (Å²) in [4.78, 5) is 16.6. The Morgan fingerprint density at radius 2 is 1.87 bits per heavy atom. The Balaban J connectivity index is 1.66. The van der Waals surface area contributed by atoms with Gasteiger partial charge in [0.1, 0.15) is 0 Å². The number of rotatable bonds is 3. The summed E-state index contributed by atoms with van der Waals surface area (Å²) in [5.41, 5.74) is 2.07. The van der Waals surface area contributed by atoms with Crippen LogP contribution in [0.5, 0.6) is 0 Å². The van der Waals surface area contributed by atoms with Crippen molar-refractivity contribution < 1.29 is 4.79 Å². The first-order chi connectivity index (χ1) is 11.2. The normalized spacial score (nSPS) is 15.7. The number of aromatic nitrogens is 2. The van der Waals surface area contributed by atoms with Crippen molar-refractivity contribution in [1.82, 2.24) is 19.6 Å². The van der Waals surface area contributed by atoms with Crippen molar-refractivity contribution in [3.05, 3.63) is 36.4 Å². The van der Waals surface area contributed by atoms with Gasteiger partial charge in [-0.1, -0.05) is 37.3 Å². The molecule has 2 heterocycles. The molecule has 1 N–H and O–H groups in total. The second-order valence-electron chi connectivity index (χ2n) is 5.76. The molecular formula is C17H23N5O. The summed E-state index contributed by atoms with van der Waals surface area (Å²) in [6, 6.07) is 11.9. The Kier molecular flexibility index (Phi) is 4.62. The Morgan fingerprint density at radius 1 is 1.17 bits per heavy atom. The lowest BCUT2D eigenvalue weighted by Gasteiger charge is -2.33. The van der Waals surface area contributed by atoms with Crippen LogP contribution < -0.4 is 5.32 Å². The molecule has 122 valence electrons. The summed E-state index contributed by atoms with van der Waals surface area (Å²) in [6.45, 7) is 6.57. The van der Waals surface area contributed by atoms with E-state index in [1.165, 1.54) is 0 Å². The van der Waals surface area contributed by atoms with Crippen molar-refractivity contribution in [2.45, 2.75) is 6.92 Å². The van der Waals surface area contributed by atoms with Crippen molar-refractivity contribution in [2.24, 2.45) is 7.05 Å². The number of aryl methyl sites for hydroxylation is 1. The van der Waals surface area contributed by atoms with Gasteiger partial charge in [-0.2, -0.15) is 5.10 Å². The molecule has 23 heavy (non-hydrogen) atoms. The molecule has 6 nitrogen and oxygen atoms in total. The van der Waals surface area contributed by atoms with E-state index in [4.69, 9.17) is 0 Å². The second-order valence-corrected chi connectivity index (χ2v) is 5.76. The Hall–Kier alpha value is -2.34. The highest BCUT2D eigenvalue weighted by molar-refractivity contribution is 5.89. The number of anilines is 1. The molecule has 2 aromatic rings. The van der Waals surface area contributed by atoms with Crippen LogP contribution in [-0.4, -0.2) is 58.3 Å². The van der Waals surface area contributed by atoms with Crippen molar-refractivity contribution in [1.29, 1.82) is 0 Å². The average molecular weight is 313 g/mol. The van der Waals surface area contributed by atoms with Gasteiger partial charge in [-0.15, -0.1) is 0 Å². The largest absolute Gasteiger partial charge is 0.323 e. The number of carbonyl (C=O) groups is 1. The number of nitrogens with one attached hydrogen (secondary N) is 1. The maximum atomic E-state index is 12.4. The average Bonchev–Trinajstić information content (AvgIpc) is 2.96. The van der Waals surface area contributed by atoms with Crippen molar-refractivity contribution in [2.75, 3.05) is 38.0 Å². The lowest BCUT2D eigenvalue weighted by molar-refractivity contribution is 0.151. The van der Waals surface area contributed by atoms with E-state index in [1.807, 2.05) is 48.3 Å². The molecule has 0 radical (unpaired) electrons. The maximum absolute atomic E-state index is 12.4. The summed E-state index contributed by atoms with van der Waals surface area (Å²) in [7, 11) is 1.89. The second kappa shape index (κ2) is 6.83. The van der Waals surface area contributed by atoms with Crippen LogP contribution in [0, 0.1) is 0 Å². The van der Waals surface area contributed by atoms with Crippen LogP contribution in [0.1, 0.15) is 6.92 Å². The van der Waals surface area contributed by atoms with Crippen LogP contribution >= 0.6 is 0 Å². The Morgan fingerprint density at radius 3 is 2.52 bits per heavy atom. The Bertz CT molecular complexity index is 659. The van der Waals surface area contributed by atoms with Crippen LogP contribution in [0.15, 0.2) is 36.4 Å². The molecule has 1 fully saturated rings. The number of benzene rings is 1. The van der Waals surface area contributed by atoms with E-state index < -0.39 is 0 Å². The van der Waals surface area contributed by atoms with E-state index in [-0.39, 0.29) is 6.03 Å². The zero-order chi connectivity index (χ0) is 16.2. The van der Waals surface area contributed by atoms with Crippen LogP contribution in [0.2, 0.25) is 0 Å². The first-order valence-electron chi connectivity index (χ1n) is 8.05. The highest BCUT2D eigenvalue weighted by atomic mass is 16.2. The van der Waals surface area contributed by atoms with Gasteiger partial charge in [0.15, 0.2) is 5.82 Å². The molecule has 0 spiro atoms. The third-order valence-corrected chi connectivity index (χ3v) is 4.29. The molecule has 1 aliphatic rings. The van der Waals surface area contributed by atoms with E-state index in [1.54, 1.807) is 4.68 Å². The maximum Gasteiger partial charge on any atom is 0.323 e. The minimum absolute atomic E-state index is 0.0709. The molecule has 1 saturated heterocycles. The molecule has 0 saturated carbocycles.